The van der Waals surface area contributed by atoms with Gasteiger partial charge in [-0.25, -0.2) is 4.79 Å². The lowest BCUT2D eigenvalue weighted by Gasteiger charge is -2.25. The van der Waals surface area contributed by atoms with Gasteiger partial charge in [0.1, 0.15) is 0 Å². The Kier molecular flexibility index (Phi) is 8.80. The van der Waals surface area contributed by atoms with Crippen molar-refractivity contribution in [1.82, 2.24) is 0 Å². The molecule has 168 valence electrons. The van der Waals surface area contributed by atoms with E-state index < -0.39 is 6.10 Å². The molecule has 32 heavy (non-hydrogen) atoms. The van der Waals surface area contributed by atoms with Gasteiger partial charge in [0.2, 0.25) is 0 Å². The molecule has 3 rings (SSSR count). The molecule has 0 radical (unpaired) electrons. The molecule has 3 nitrogen and oxygen atoms in total. The van der Waals surface area contributed by atoms with Crippen LogP contribution >= 0.6 is 23.4 Å². The normalized spacial score (nSPS) is 12.9. The molecule has 0 aromatic heterocycles. The third kappa shape index (κ3) is 6.38. The molecule has 3 aromatic rings. The molecule has 0 heterocycles. The van der Waals surface area contributed by atoms with E-state index in [-0.39, 0.29) is 11.9 Å². The van der Waals surface area contributed by atoms with Gasteiger partial charge < -0.3 is 9.84 Å². The second-order valence-electron chi connectivity index (χ2n) is 7.96. The number of rotatable bonds is 9. The standard InChI is InChI=1S/C27H29ClO3S/c1-18-9-10-22(16-19(18)2)26(29)25(21-6-4-7-23(28)17-21)8-5-15-32-24-13-11-20(12-14-24)27(30)31-3/h4,6-7,9-14,16-17,25-26,29H,5,8,15H2,1-3H3. The average Bonchev–Trinajstić information content (AvgIpc) is 2.80. The number of ether oxygens (including phenoxy) is 1. The summed E-state index contributed by atoms with van der Waals surface area (Å²) in [5, 5.41) is 11.9. The van der Waals surface area contributed by atoms with Crippen LogP contribution in [0.4, 0.5) is 0 Å². The highest BCUT2D eigenvalue weighted by atomic mass is 35.5. The first kappa shape index (κ1) is 24.4. The molecule has 0 bridgehead atoms. The lowest BCUT2D eigenvalue weighted by molar-refractivity contribution is 0.0600. The summed E-state index contributed by atoms with van der Waals surface area (Å²) < 4.78 is 4.75. The topological polar surface area (TPSA) is 46.5 Å². The van der Waals surface area contributed by atoms with Crippen molar-refractivity contribution in [1.29, 1.82) is 0 Å². The van der Waals surface area contributed by atoms with Gasteiger partial charge in [-0.05, 0) is 91.1 Å². The van der Waals surface area contributed by atoms with E-state index in [0.29, 0.717) is 10.6 Å². The van der Waals surface area contributed by atoms with Crippen LogP contribution in [0.3, 0.4) is 0 Å². The van der Waals surface area contributed by atoms with Gasteiger partial charge in [-0.15, -0.1) is 11.8 Å². The molecule has 0 saturated carbocycles. The molecule has 0 spiro atoms. The van der Waals surface area contributed by atoms with E-state index in [9.17, 15) is 9.90 Å². The summed E-state index contributed by atoms with van der Waals surface area (Å²) in [6.45, 7) is 4.15. The van der Waals surface area contributed by atoms with Crippen LogP contribution in [0.25, 0.3) is 0 Å². The number of methoxy groups -OCH3 is 1. The maximum Gasteiger partial charge on any atom is 0.337 e. The van der Waals surface area contributed by atoms with Crippen LogP contribution in [0.1, 0.15) is 57.5 Å². The van der Waals surface area contributed by atoms with E-state index in [1.54, 1.807) is 23.9 Å². The average molecular weight is 469 g/mol. The minimum Gasteiger partial charge on any atom is -0.465 e. The lowest BCUT2D eigenvalue weighted by atomic mass is 9.85. The van der Waals surface area contributed by atoms with Crippen LogP contribution in [0.5, 0.6) is 0 Å². The van der Waals surface area contributed by atoms with E-state index in [2.05, 4.69) is 26.0 Å². The Hall–Kier alpha value is -2.27. The molecule has 0 aliphatic carbocycles. The summed E-state index contributed by atoms with van der Waals surface area (Å²) in [7, 11) is 1.38. The van der Waals surface area contributed by atoms with Crippen molar-refractivity contribution in [2.75, 3.05) is 12.9 Å². The number of aliphatic hydroxyl groups excluding tert-OH is 1. The highest BCUT2D eigenvalue weighted by Gasteiger charge is 2.23. The number of esters is 1. The maximum atomic E-state index is 11.6. The maximum absolute atomic E-state index is 11.6. The Morgan fingerprint density at radius 3 is 2.41 bits per heavy atom. The van der Waals surface area contributed by atoms with Crippen molar-refractivity contribution in [2.24, 2.45) is 0 Å². The van der Waals surface area contributed by atoms with Gasteiger partial charge in [0.05, 0.1) is 18.8 Å². The Balaban J connectivity index is 1.68. The van der Waals surface area contributed by atoms with Gasteiger partial charge in [-0.2, -0.15) is 0 Å². The van der Waals surface area contributed by atoms with Crippen LogP contribution in [0, 0.1) is 13.8 Å². The third-order valence-corrected chi connectivity index (χ3v) is 7.07. The predicted octanol–water partition coefficient (Wildman–Crippen LogP) is 7.13. The molecule has 0 amide bonds. The quantitative estimate of drug-likeness (QED) is 0.206. The van der Waals surface area contributed by atoms with Gasteiger partial charge in [0.15, 0.2) is 0 Å². The third-order valence-electron chi connectivity index (χ3n) is 5.73. The molecule has 0 aliphatic heterocycles. The van der Waals surface area contributed by atoms with E-state index in [1.165, 1.54) is 18.2 Å². The van der Waals surface area contributed by atoms with Crippen molar-refractivity contribution in [3.63, 3.8) is 0 Å². The van der Waals surface area contributed by atoms with E-state index in [1.807, 2.05) is 42.5 Å². The van der Waals surface area contributed by atoms with Crippen molar-refractivity contribution in [3.8, 4) is 0 Å². The van der Waals surface area contributed by atoms with Gasteiger partial charge in [-0.3, -0.25) is 0 Å². The van der Waals surface area contributed by atoms with Gasteiger partial charge in [-0.1, -0.05) is 41.9 Å². The van der Waals surface area contributed by atoms with Crippen molar-refractivity contribution in [3.05, 3.63) is 99.6 Å². The number of aliphatic hydroxyl groups is 1. The second kappa shape index (κ2) is 11.6. The number of hydrogen-bond donors (Lipinski definition) is 1. The van der Waals surface area contributed by atoms with Crippen molar-refractivity contribution >= 4 is 29.3 Å². The summed E-state index contributed by atoms with van der Waals surface area (Å²) in [6, 6.07) is 21.4. The van der Waals surface area contributed by atoms with Crippen molar-refractivity contribution < 1.29 is 14.6 Å². The minimum absolute atomic E-state index is 0.0434. The first-order valence-electron chi connectivity index (χ1n) is 10.7. The van der Waals surface area contributed by atoms with Crippen LogP contribution < -0.4 is 0 Å². The monoisotopic (exact) mass is 468 g/mol. The number of hydrogen-bond acceptors (Lipinski definition) is 4. The number of carbonyl (C=O) groups is 1. The van der Waals surface area contributed by atoms with E-state index >= 15 is 0 Å². The fourth-order valence-corrected chi connectivity index (χ4v) is 4.80. The van der Waals surface area contributed by atoms with E-state index in [4.69, 9.17) is 16.3 Å². The first-order chi connectivity index (χ1) is 15.4. The van der Waals surface area contributed by atoms with Crippen LogP contribution in [-0.4, -0.2) is 23.9 Å². The number of thioether (sulfide) groups is 1. The van der Waals surface area contributed by atoms with Gasteiger partial charge in [0, 0.05) is 15.8 Å². The molecule has 0 aliphatic rings. The molecule has 5 heteroatoms. The number of halogens is 1. The minimum atomic E-state index is -0.600. The molecule has 0 fully saturated rings. The summed E-state index contributed by atoms with van der Waals surface area (Å²) in [5.74, 6) is 0.540. The zero-order valence-corrected chi connectivity index (χ0v) is 20.2. The zero-order chi connectivity index (χ0) is 23.1. The van der Waals surface area contributed by atoms with Crippen LogP contribution in [-0.2, 0) is 4.74 Å². The fraction of sp³-hybridized carbons (Fsp3) is 0.296. The summed E-state index contributed by atoms with van der Waals surface area (Å²) in [6.07, 6.45) is 1.17. The Labute approximate surface area is 199 Å². The van der Waals surface area contributed by atoms with Crippen molar-refractivity contribution in [2.45, 2.75) is 43.6 Å². The van der Waals surface area contributed by atoms with Crippen LogP contribution in [0.15, 0.2) is 71.6 Å². The molecular weight excluding hydrogens is 440 g/mol. The number of benzene rings is 3. The second-order valence-corrected chi connectivity index (χ2v) is 9.56. The predicted molar refractivity (Wildman–Crippen MR) is 133 cm³/mol. The van der Waals surface area contributed by atoms with Gasteiger partial charge in [0.25, 0.3) is 0 Å². The lowest BCUT2D eigenvalue weighted by Crippen LogP contribution is -2.12. The highest BCUT2D eigenvalue weighted by molar-refractivity contribution is 7.99. The zero-order valence-electron chi connectivity index (χ0n) is 18.7. The molecular formula is C27H29ClO3S. The molecule has 1 N–H and O–H groups in total. The van der Waals surface area contributed by atoms with Crippen LogP contribution in [0.2, 0.25) is 5.02 Å². The highest BCUT2D eigenvalue weighted by Crippen LogP contribution is 2.37. The SMILES string of the molecule is COC(=O)c1ccc(SCCCC(c2cccc(Cl)c2)C(O)c2ccc(C)c(C)c2)cc1. The summed E-state index contributed by atoms with van der Waals surface area (Å²) in [5.41, 5.74) is 4.93. The Morgan fingerprint density at radius 2 is 1.75 bits per heavy atom. The molecule has 2 atom stereocenters. The largest absolute Gasteiger partial charge is 0.465 e. The smallest absolute Gasteiger partial charge is 0.337 e. The summed E-state index contributed by atoms with van der Waals surface area (Å²) in [4.78, 5) is 12.7. The molecule has 3 aromatic carbocycles. The van der Waals surface area contributed by atoms with Gasteiger partial charge >= 0.3 is 5.97 Å². The Bertz CT molecular complexity index is 1050. The summed E-state index contributed by atoms with van der Waals surface area (Å²) >= 11 is 7.99. The van der Waals surface area contributed by atoms with E-state index in [0.717, 1.165) is 34.6 Å². The number of aryl methyl sites for hydroxylation is 2. The Morgan fingerprint density at radius 1 is 1.00 bits per heavy atom. The number of carbonyl (C=O) groups excluding carboxylic acids is 1. The first-order valence-corrected chi connectivity index (χ1v) is 12.1. The molecule has 0 saturated heterocycles. The molecule has 2 unspecified atom stereocenters. The fourth-order valence-electron chi connectivity index (χ4n) is 3.72.